The van der Waals surface area contributed by atoms with E-state index < -0.39 is 12.6 Å². The highest BCUT2D eigenvalue weighted by atomic mass is 19.4. The fourth-order valence-electron chi connectivity index (χ4n) is 0.815. The molecule has 0 saturated heterocycles. The van der Waals surface area contributed by atoms with Crippen molar-refractivity contribution in [3.8, 4) is 0 Å². The van der Waals surface area contributed by atoms with Crippen molar-refractivity contribution in [2.24, 2.45) is 0 Å². The lowest BCUT2D eigenvalue weighted by molar-refractivity contribution is 0.489. The minimum atomic E-state index is -4.94. The first kappa shape index (κ1) is 9.16. The minimum absolute atomic E-state index is 0.0306. The van der Waals surface area contributed by atoms with Gasteiger partial charge in [0, 0.05) is 17.8 Å². The van der Waals surface area contributed by atoms with Crippen LogP contribution in [0.15, 0.2) is 12.3 Å². The lowest BCUT2D eigenvalue weighted by Crippen LogP contribution is -2.35. The molecule has 0 atom stereocenters. The second kappa shape index (κ2) is 2.84. The maximum atomic E-state index is 12.1. The van der Waals surface area contributed by atoms with Gasteiger partial charge in [-0.15, -0.1) is 0 Å². The molecule has 2 nitrogen and oxygen atoms in total. The van der Waals surface area contributed by atoms with E-state index in [9.17, 15) is 12.9 Å². The molecule has 0 fully saturated rings. The second-order valence-electron chi connectivity index (χ2n) is 2.89. The van der Waals surface area contributed by atoms with Crippen molar-refractivity contribution in [3.63, 3.8) is 0 Å². The first-order valence-corrected chi connectivity index (χ1v) is 3.66. The molecule has 1 rings (SSSR count). The molecule has 0 saturated carbocycles. The zero-order chi connectivity index (χ0) is 9.35. The van der Waals surface area contributed by atoms with Crippen molar-refractivity contribution in [1.29, 1.82) is 0 Å². The van der Waals surface area contributed by atoms with Gasteiger partial charge in [0.25, 0.3) is 0 Å². The summed E-state index contributed by atoms with van der Waals surface area (Å²) >= 11 is 0. The summed E-state index contributed by atoms with van der Waals surface area (Å²) < 4.78 is 37.5. The Morgan fingerprint density at radius 1 is 1.42 bits per heavy atom. The molecule has 0 aliphatic carbocycles. The zero-order valence-corrected chi connectivity index (χ0v) is 6.84. The minimum Gasteiger partial charge on any atom is -0.444 e. The molecule has 0 unspecified atom stereocenters. The van der Waals surface area contributed by atoms with Crippen molar-refractivity contribution in [2.75, 3.05) is 0 Å². The van der Waals surface area contributed by atoms with E-state index in [0.717, 1.165) is 6.07 Å². The van der Waals surface area contributed by atoms with E-state index in [1.165, 1.54) is 10.9 Å². The van der Waals surface area contributed by atoms with Gasteiger partial charge in [0.05, 0.1) is 0 Å². The number of nitrogens with zero attached hydrogens (tertiary/aromatic N) is 2. The average molecular weight is 177 g/mol. The number of hydrogen-bond donors (Lipinski definition) is 0. The van der Waals surface area contributed by atoms with Crippen LogP contribution >= 0.6 is 0 Å². The molecule has 12 heavy (non-hydrogen) atoms. The molecule has 0 aliphatic heterocycles. The molecule has 1 aromatic heterocycles. The van der Waals surface area contributed by atoms with Crippen molar-refractivity contribution < 1.29 is 12.9 Å². The van der Waals surface area contributed by atoms with Gasteiger partial charge in [-0.2, -0.15) is 0 Å². The van der Waals surface area contributed by atoms with Crippen molar-refractivity contribution >= 4 is 12.6 Å². The second-order valence-corrected chi connectivity index (χ2v) is 2.89. The summed E-state index contributed by atoms with van der Waals surface area (Å²) in [5.74, 6) is 0. The molecule has 0 bridgehead atoms. The van der Waals surface area contributed by atoms with Crippen LogP contribution in [-0.4, -0.2) is 16.8 Å². The highest BCUT2D eigenvalue weighted by molar-refractivity contribution is 6.72. The van der Waals surface area contributed by atoms with Crippen LogP contribution in [0.3, 0.4) is 0 Å². The van der Waals surface area contributed by atoms with Crippen LogP contribution in [0.4, 0.5) is 12.9 Å². The average Bonchev–Trinajstić information content (AvgIpc) is 2.30. The Morgan fingerprint density at radius 3 is 2.25 bits per heavy atom. The van der Waals surface area contributed by atoms with E-state index in [-0.39, 0.29) is 6.04 Å². The summed E-state index contributed by atoms with van der Waals surface area (Å²) in [4.78, 5) is 0. The van der Waals surface area contributed by atoms with Crippen LogP contribution in [0, 0.1) is 0 Å². The van der Waals surface area contributed by atoms with Gasteiger partial charge in [0.15, 0.2) is 0 Å². The van der Waals surface area contributed by atoms with E-state index in [2.05, 4.69) is 5.10 Å². The molecule has 1 heterocycles. The predicted octanol–water partition coefficient (Wildman–Crippen LogP) is 1.52. The van der Waals surface area contributed by atoms with Crippen LogP contribution in [0.1, 0.15) is 19.9 Å². The van der Waals surface area contributed by atoms with Crippen molar-refractivity contribution in [2.45, 2.75) is 19.9 Å². The number of rotatable bonds is 2. The molecule has 0 spiro atoms. The Hall–Kier alpha value is -0.935. The van der Waals surface area contributed by atoms with Crippen LogP contribution in [0.2, 0.25) is 0 Å². The first-order chi connectivity index (χ1) is 5.41. The normalized spacial score (nSPS) is 12.5. The molecule has 0 N–H and O–H groups in total. The maximum absolute atomic E-state index is 12.1. The van der Waals surface area contributed by atoms with Gasteiger partial charge in [0.2, 0.25) is 0 Å². The van der Waals surface area contributed by atoms with E-state index in [1.54, 1.807) is 13.8 Å². The van der Waals surface area contributed by atoms with E-state index >= 15 is 0 Å². The molecule has 0 radical (unpaired) electrons. The van der Waals surface area contributed by atoms with E-state index in [1.807, 2.05) is 0 Å². The number of halogens is 3. The van der Waals surface area contributed by atoms with Crippen LogP contribution < -0.4 is 5.59 Å². The molecule has 1 aromatic rings. The van der Waals surface area contributed by atoms with Gasteiger partial charge in [-0.05, 0) is 13.8 Å². The Balaban J connectivity index is 2.92. The maximum Gasteiger partial charge on any atom is 0.529 e. The Kier molecular flexibility index (Phi) is 2.17. The van der Waals surface area contributed by atoms with E-state index in [4.69, 9.17) is 0 Å². The third kappa shape index (κ3) is 1.81. The van der Waals surface area contributed by atoms with Gasteiger partial charge in [0.1, 0.15) is 0 Å². The van der Waals surface area contributed by atoms with Crippen molar-refractivity contribution in [3.05, 3.63) is 12.3 Å². The SMILES string of the molecule is CC(C)n1ccc([B-](F)(F)F)n1. The Labute approximate surface area is 68.4 Å². The molecule has 0 amide bonds. The Morgan fingerprint density at radius 2 is 2.00 bits per heavy atom. The standard InChI is InChI=1S/C6H9BF3N2/c1-5(2)12-4-3-6(11-12)7(8,9)10/h3-5H,1-2H3/q-1. The van der Waals surface area contributed by atoms with Gasteiger partial charge in [-0.1, -0.05) is 6.07 Å². The van der Waals surface area contributed by atoms with Gasteiger partial charge >= 0.3 is 6.98 Å². The first-order valence-electron chi connectivity index (χ1n) is 3.66. The highest BCUT2D eigenvalue weighted by Crippen LogP contribution is 2.08. The van der Waals surface area contributed by atoms with Crippen LogP contribution in [0.25, 0.3) is 0 Å². The van der Waals surface area contributed by atoms with Gasteiger partial charge in [-0.25, -0.2) is 5.10 Å². The molecule has 0 aromatic carbocycles. The molecule has 0 aliphatic rings. The molecule has 68 valence electrons. The summed E-state index contributed by atoms with van der Waals surface area (Å²) in [7, 11) is 0. The summed E-state index contributed by atoms with van der Waals surface area (Å²) in [6, 6.07) is 0.969. The van der Waals surface area contributed by atoms with Gasteiger partial charge in [-0.3, -0.25) is 4.68 Å². The molecular weight excluding hydrogens is 168 g/mol. The van der Waals surface area contributed by atoms with Crippen LogP contribution in [0.5, 0.6) is 0 Å². The topological polar surface area (TPSA) is 17.8 Å². The van der Waals surface area contributed by atoms with Gasteiger partial charge < -0.3 is 12.9 Å². The summed E-state index contributed by atoms with van der Waals surface area (Å²) in [6.07, 6.45) is 1.34. The Bertz CT molecular complexity index is 266. The summed E-state index contributed by atoms with van der Waals surface area (Å²) in [6.45, 7) is -1.39. The van der Waals surface area contributed by atoms with E-state index in [0.29, 0.717) is 0 Å². The molecular formula is C6H9BF3N2-. The summed E-state index contributed by atoms with van der Waals surface area (Å²) in [5.41, 5.74) is -0.774. The quantitative estimate of drug-likeness (QED) is 0.626. The van der Waals surface area contributed by atoms with Crippen LogP contribution in [-0.2, 0) is 0 Å². The number of hydrogen-bond acceptors (Lipinski definition) is 1. The van der Waals surface area contributed by atoms with Crippen molar-refractivity contribution in [1.82, 2.24) is 9.78 Å². The lowest BCUT2D eigenvalue weighted by atomic mass is 9.87. The third-order valence-electron chi connectivity index (χ3n) is 1.49. The monoisotopic (exact) mass is 177 g/mol. The zero-order valence-electron chi connectivity index (χ0n) is 6.84. The summed E-state index contributed by atoms with van der Waals surface area (Å²) in [5, 5.41) is 3.40. The fraction of sp³-hybridized carbons (Fsp3) is 0.500. The molecule has 6 heteroatoms. The smallest absolute Gasteiger partial charge is 0.444 e. The highest BCUT2D eigenvalue weighted by Gasteiger charge is 2.28. The third-order valence-corrected chi connectivity index (χ3v) is 1.49. The number of aromatic nitrogens is 2. The predicted molar refractivity (Wildman–Crippen MR) is 41.3 cm³/mol. The fourth-order valence-corrected chi connectivity index (χ4v) is 0.815. The lowest BCUT2D eigenvalue weighted by Gasteiger charge is -2.10. The largest absolute Gasteiger partial charge is 0.529 e.